The lowest BCUT2D eigenvalue weighted by Gasteiger charge is -2.29. The molecule has 6 heteroatoms. The standard InChI is InChI=1S/C17H15F2N3O/c18-15-7-5-14(6-8-15)17(23,10-22-12-20-11-21-22)9-13-3-1-2-4-16(13)19/h1-8,11-12,23H,9-10H2. The first-order chi connectivity index (χ1) is 11.1. The minimum atomic E-state index is -1.44. The van der Waals surface area contributed by atoms with Gasteiger partial charge in [-0.3, -0.25) is 0 Å². The van der Waals surface area contributed by atoms with Gasteiger partial charge in [0.05, 0.1) is 6.54 Å². The second-order valence-corrected chi connectivity index (χ2v) is 5.40. The zero-order chi connectivity index (χ0) is 16.3. The van der Waals surface area contributed by atoms with Gasteiger partial charge in [0.1, 0.15) is 29.9 Å². The third-order valence-electron chi connectivity index (χ3n) is 3.71. The first-order valence-electron chi connectivity index (χ1n) is 7.11. The summed E-state index contributed by atoms with van der Waals surface area (Å²) < 4.78 is 28.6. The number of benzene rings is 2. The molecule has 0 aliphatic carbocycles. The number of rotatable bonds is 5. The largest absolute Gasteiger partial charge is 0.383 e. The van der Waals surface area contributed by atoms with E-state index >= 15 is 0 Å². The van der Waals surface area contributed by atoms with Crippen molar-refractivity contribution in [2.75, 3.05) is 0 Å². The van der Waals surface area contributed by atoms with Gasteiger partial charge in [-0.2, -0.15) is 5.10 Å². The second-order valence-electron chi connectivity index (χ2n) is 5.40. The summed E-state index contributed by atoms with van der Waals surface area (Å²) in [5, 5.41) is 15.1. The summed E-state index contributed by atoms with van der Waals surface area (Å²) in [6.45, 7) is 0.0764. The van der Waals surface area contributed by atoms with Gasteiger partial charge in [0.15, 0.2) is 0 Å². The second kappa shape index (κ2) is 6.26. The van der Waals surface area contributed by atoms with E-state index in [1.807, 2.05) is 0 Å². The minimum Gasteiger partial charge on any atom is -0.383 e. The third kappa shape index (κ3) is 3.43. The molecule has 0 bridgehead atoms. The van der Waals surface area contributed by atoms with Crippen LogP contribution >= 0.6 is 0 Å². The molecule has 118 valence electrons. The Labute approximate surface area is 132 Å². The minimum absolute atomic E-state index is 0.0329. The average molecular weight is 315 g/mol. The van der Waals surface area contributed by atoms with Gasteiger partial charge in [-0.05, 0) is 29.3 Å². The van der Waals surface area contributed by atoms with Crippen LogP contribution in [0.1, 0.15) is 11.1 Å². The Morgan fingerprint density at radius 1 is 1.04 bits per heavy atom. The number of aliphatic hydroxyl groups is 1. The van der Waals surface area contributed by atoms with Gasteiger partial charge < -0.3 is 5.11 Å². The van der Waals surface area contributed by atoms with Crippen LogP contribution in [-0.2, 0) is 18.6 Å². The molecule has 1 N–H and O–H groups in total. The fraction of sp³-hybridized carbons (Fsp3) is 0.176. The highest BCUT2D eigenvalue weighted by molar-refractivity contribution is 5.28. The highest BCUT2D eigenvalue weighted by Crippen LogP contribution is 2.29. The van der Waals surface area contributed by atoms with Crippen molar-refractivity contribution < 1.29 is 13.9 Å². The molecule has 3 aromatic rings. The van der Waals surface area contributed by atoms with E-state index < -0.39 is 17.2 Å². The van der Waals surface area contributed by atoms with Gasteiger partial charge in [-0.15, -0.1) is 0 Å². The van der Waals surface area contributed by atoms with E-state index in [4.69, 9.17) is 0 Å². The molecule has 0 amide bonds. The summed E-state index contributed by atoms with van der Waals surface area (Å²) >= 11 is 0. The Balaban J connectivity index is 1.98. The van der Waals surface area contributed by atoms with Gasteiger partial charge in [0.2, 0.25) is 0 Å². The van der Waals surface area contributed by atoms with Crippen LogP contribution in [0.4, 0.5) is 8.78 Å². The number of hydrogen-bond acceptors (Lipinski definition) is 3. The molecule has 4 nitrogen and oxygen atoms in total. The lowest BCUT2D eigenvalue weighted by Crippen LogP contribution is -2.34. The Hall–Kier alpha value is -2.60. The van der Waals surface area contributed by atoms with Crippen molar-refractivity contribution in [3.63, 3.8) is 0 Å². The zero-order valence-electron chi connectivity index (χ0n) is 12.2. The fourth-order valence-electron chi connectivity index (χ4n) is 2.55. The Morgan fingerprint density at radius 3 is 2.43 bits per heavy atom. The van der Waals surface area contributed by atoms with Crippen molar-refractivity contribution in [3.8, 4) is 0 Å². The monoisotopic (exact) mass is 315 g/mol. The van der Waals surface area contributed by atoms with E-state index in [2.05, 4.69) is 10.1 Å². The van der Waals surface area contributed by atoms with Crippen molar-refractivity contribution >= 4 is 0 Å². The Kier molecular flexibility index (Phi) is 4.16. The normalized spacial score (nSPS) is 13.7. The van der Waals surface area contributed by atoms with Crippen molar-refractivity contribution in [1.82, 2.24) is 14.8 Å². The molecular weight excluding hydrogens is 300 g/mol. The van der Waals surface area contributed by atoms with Crippen LogP contribution in [0, 0.1) is 11.6 Å². The Morgan fingerprint density at radius 2 is 1.78 bits per heavy atom. The number of nitrogens with zero attached hydrogens (tertiary/aromatic N) is 3. The molecule has 1 heterocycles. The molecule has 23 heavy (non-hydrogen) atoms. The topological polar surface area (TPSA) is 50.9 Å². The predicted octanol–water partition coefficient (Wildman–Crippen LogP) is 2.69. The highest BCUT2D eigenvalue weighted by atomic mass is 19.1. The quantitative estimate of drug-likeness (QED) is 0.787. The van der Waals surface area contributed by atoms with Crippen molar-refractivity contribution in [1.29, 1.82) is 0 Å². The molecule has 1 atom stereocenters. The number of aromatic nitrogens is 3. The first kappa shape index (κ1) is 15.3. The molecule has 0 radical (unpaired) electrons. The van der Waals surface area contributed by atoms with Gasteiger partial charge in [0, 0.05) is 6.42 Å². The van der Waals surface area contributed by atoms with Crippen LogP contribution in [0.3, 0.4) is 0 Å². The summed E-state index contributed by atoms with van der Waals surface area (Å²) in [5.74, 6) is -0.797. The lowest BCUT2D eigenvalue weighted by molar-refractivity contribution is 0.0142. The van der Waals surface area contributed by atoms with E-state index in [-0.39, 0.29) is 13.0 Å². The summed E-state index contributed by atoms with van der Waals surface area (Å²) in [4.78, 5) is 3.85. The number of hydrogen-bond donors (Lipinski definition) is 1. The van der Waals surface area contributed by atoms with Crippen LogP contribution in [0.2, 0.25) is 0 Å². The summed E-state index contributed by atoms with van der Waals surface area (Å²) in [6, 6.07) is 11.8. The molecule has 2 aromatic carbocycles. The Bertz CT molecular complexity index is 775. The predicted molar refractivity (Wildman–Crippen MR) is 80.4 cm³/mol. The van der Waals surface area contributed by atoms with E-state index in [0.29, 0.717) is 11.1 Å². The van der Waals surface area contributed by atoms with Gasteiger partial charge in [0.25, 0.3) is 0 Å². The van der Waals surface area contributed by atoms with Crippen LogP contribution in [0.5, 0.6) is 0 Å². The smallest absolute Gasteiger partial charge is 0.137 e. The van der Waals surface area contributed by atoms with E-state index in [9.17, 15) is 13.9 Å². The van der Waals surface area contributed by atoms with Crippen LogP contribution in [0.15, 0.2) is 61.2 Å². The molecule has 0 fully saturated rings. The summed E-state index contributed by atoms with van der Waals surface area (Å²) in [7, 11) is 0. The average Bonchev–Trinajstić information content (AvgIpc) is 3.03. The van der Waals surface area contributed by atoms with Crippen molar-refractivity contribution in [2.24, 2.45) is 0 Å². The maximum Gasteiger partial charge on any atom is 0.137 e. The van der Waals surface area contributed by atoms with Gasteiger partial charge >= 0.3 is 0 Å². The molecule has 0 aliphatic heterocycles. The summed E-state index contributed by atoms with van der Waals surface area (Å²) in [5.41, 5.74) is -0.582. The van der Waals surface area contributed by atoms with Crippen LogP contribution in [-0.4, -0.2) is 19.9 Å². The molecule has 1 aromatic heterocycles. The zero-order valence-corrected chi connectivity index (χ0v) is 12.2. The molecular formula is C17H15F2N3O. The molecule has 0 saturated heterocycles. The van der Waals surface area contributed by atoms with Gasteiger partial charge in [-0.1, -0.05) is 30.3 Å². The highest BCUT2D eigenvalue weighted by Gasteiger charge is 2.31. The molecule has 0 saturated carbocycles. The van der Waals surface area contributed by atoms with Gasteiger partial charge in [-0.25, -0.2) is 18.4 Å². The first-order valence-corrected chi connectivity index (χ1v) is 7.11. The molecule has 0 aliphatic rings. The molecule has 3 rings (SSSR count). The maximum absolute atomic E-state index is 14.0. The maximum atomic E-state index is 14.0. The molecule has 0 spiro atoms. The fourth-order valence-corrected chi connectivity index (χ4v) is 2.55. The van der Waals surface area contributed by atoms with Crippen LogP contribution in [0.25, 0.3) is 0 Å². The van der Waals surface area contributed by atoms with E-state index in [1.165, 1.54) is 47.7 Å². The lowest BCUT2D eigenvalue weighted by atomic mass is 9.87. The third-order valence-corrected chi connectivity index (χ3v) is 3.71. The summed E-state index contributed by atoms with van der Waals surface area (Å²) in [6.07, 6.45) is 2.86. The van der Waals surface area contributed by atoms with Crippen molar-refractivity contribution in [3.05, 3.63) is 83.9 Å². The SMILES string of the molecule is OC(Cc1ccccc1F)(Cn1cncn1)c1ccc(F)cc1. The van der Waals surface area contributed by atoms with Crippen molar-refractivity contribution in [2.45, 2.75) is 18.6 Å². The van der Waals surface area contributed by atoms with E-state index in [1.54, 1.807) is 18.2 Å². The van der Waals surface area contributed by atoms with E-state index in [0.717, 1.165) is 0 Å². The molecule has 1 unspecified atom stereocenters. The number of halogens is 2. The van der Waals surface area contributed by atoms with Crippen LogP contribution < -0.4 is 0 Å².